The van der Waals surface area contributed by atoms with Crippen molar-refractivity contribution in [2.24, 2.45) is 0 Å². The summed E-state index contributed by atoms with van der Waals surface area (Å²) in [7, 11) is 0. The lowest BCUT2D eigenvalue weighted by molar-refractivity contribution is 0.169. The molecule has 0 atom stereocenters. The number of nitrogens with one attached hydrogen (secondary N) is 1. The molecule has 3 nitrogen and oxygen atoms in total. The van der Waals surface area contributed by atoms with Crippen molar-refractivity contribution in [1.82, 2.24) is 4.98 Å². The van der Waals surface area contributed by atoms with Crippen LogP contribution in [0.15, 0.2) is 12.3 Å². The maximum atomic E-state index is 4.98. The predicted molar refractivity (Wildman–Crippen MR) is 26.9 cm³/mol. The number of hydrogen-bond donors (Lipinski definition) is 1. The number of aromatic amines is 1. The zero-order chi connectivity index (χ0) is 5.40. The number of aromatic nitrogens is 1. The van der Waals surface area contributed by atoms with Crippen LogP contribution < -0.4 is 9.47 Å². The number of hydrogen-bond acceptors (Lipinski definition) is 2. The Morgan fingerprint density at radius 2 is 2.50 bits per heavy atom. The number of rotatable bonds is 0. The second-order valence-electron chi connectivity index (χ2n) is 1.58. The van der Waals surface area contributed by atoms with Gasteiger partial charge in [-0.25, -0.2) is 0 Å². The molecule has 1 aliphatic heterocycles. The summed E-state index contributed by atoms with van der Waals surface area (Å²) in [5.74, 6) is 1.55. The van der Waals surface area contributed by atoms with E-state index in [1.165, 1.54) is 0 Å². The van der Waals surface area contributed by atoms with Crippen LogP contribution in [0.3, 0.4) is 0 Å². The molecule has 2 heterocycles. The van der Waals surface area contributed by atoms with Gasteiger partial charge >= 0.3 is 0 Å². The van der Waals surface area contributed by atoms with E-state index in [1.807, 2.05) is 6.07 Å². The standard InChI is InChI=1S/C5H5NO2/c1-2-6-5-4(1)7-3-8-5/h1-2,6H,3H2. The van der Waals surface area contributed by atoms with Crippen molar-refractivity contribution in [3.8, 4) is 11.6 Å². The Labute approximate surface area is 46.2 Å². The second-order valence-corrected chi connectivity index (χ2v) is 1.58. The minimum atomic E-state index is 0.349. The van der Waals surface area contributed by atoms with E-state index in [4.69, 9.17) is 9.47 Å². The molecule has 1 aromatic rings. The van der Waals surface area contributed by atoms with Gasteiger partial charge in [0, 0.05) is 12.3 Å². The van der Waals surface area contributed by atoms with E-state index in [-0.39, 0.29) is 0 Å². The Hall–Kier alpha value is -1.12. The molecule has 0 saturated carbocycles. The lowest BCUT2D eigenvalue weighted by Crippen LogP contribution is -1.94. The van der Waals surface area contributed by atoms with Crippen LogP contribution in [-0.2, 0) is 0 Å². The largest absolute Gasteiger partial charge is 0.452 e. The van der Waals surface area contributed by atoms with Crippen LogP contribution in [0.2, 0.25) is 0 Å². The van der Waals surface area contributed by atoms with Gasteiger partial charge in [-0.3, -0.25) is 0 Å². The highest BCUT2D eigenvalue weighted by atomic mass is 16.7. The van der Waals surface area contributed by atoms with E-state index in [1.54, 1.807) is 6.20 Å². The summed E-state index contributed by atoms with van der Waals surface area (Å²) < 4.78 is 9.95. The van der Waals surface area contributed by atoms with Crippen LogP contribution in [-0.4, -0.2) is 11.8 Å². The normalized spacial score (nSPS) is 14.5. The monoisotopic (exact) mass is 111 g/mol. The minimum absolute atomic E-state index is 0.349. The fourth-order valence-electron chi connectivity index (χ4n) is 0.718. The van der Waals surface area contributed by atoms with Gasteiger partial charge in [0.05, 0.1) is 0 Å². The van der Waals surface area contributed by atoms with Crippen molar-refractivity contribution in [2.45, 2.75) is 0 Å². The lowest BCUT2D eigenvalue weighted by atomic mass is 10.6. The molecular weight excluding hydrogens is 106 g/mol. The maximum absolute atomic E-state index is 4.98. The molecule has 3 heteroatoms. The van der Waals surface area contributed by atoms with E-state index in [0.29, 0.717) is 6.79 Å². The lowest BCUT2D eigenvalue weighted by Gasteiger charge is -1.86. The van der Waals surface area contributed by atoms with Gasteiger partial charge in [-0.15, -0.1) is 0 Å². The fourth-order valence-corrected chi connectivity index (χ4v) is 0.718. The molecule has 0 unspecified atom stereocenters. The molecule has 0 fully saturated rings. The first kappa shape index (κ1) is 3.83. The van der Waals surface area contributed by atoms with E-state index in [9.17, 15) is 0 Å². The van der Waals surface area contributed by atoms with Gasteiger partial charge in [-0.05, 0) is 0 Å². The van der Waals surface area contributed by atoms with E-state index < -0.39 is 0 Å². The highest BCUT2D eigenvalue weighted by molar-refractivity contribution is 5.35. The summed E-state index contributed by atoms with van der Waals surface area (Å²) in [4.78, 5) is 2.87. The Morgan fingerprint density at radius 1 is 1.50 bits per heavy atom. The number of fused-ring (bicyclic) bond motifs is 1. The summed E-state index contributed by atoms with van der Waals surface area (Å²) >= 11 is 0. The third-order valence-corrected chi connectivity index (χ3v) is 1.09. The average molecular weight is 111 g/mol. The zero-order valence-corrected chi connectivity index (χ0v) is 4.18. The Kier molecular flexibility index (Phi) is 0.566. The molecule has 0 radical (unpaired) electrons. The fraction of sp³-hybridized carbons (Fsp3) is 0.200. The first-order valence-corrected chi connectivity index (χ1v) is 2.40. The maximum Gasteiger partial charge on any atom is 0.237 e. The van der Waals surface area contributed by atoms with Gasteiger partial charge in [0.15, 0.2) is 5.75 Å². The summed E-state index contributed by atoms with van der Waals surface area (Å²) in [5, 5.41) is 0. The highest BCUT2D eigenvalue weighted by Crippen LogP contribution is 2.28. The van der Waals surface area contributed by atoms with Gasteiger partial charge < -0.3 is 14.5 Å². The molecule has 42 valence electrons. The van der Waals surface area contributed by atoms with E-state index in [0.717, 1.165) is 11.6 Å². The van der Waals surface area contributed by atoms with Gasteiger partial charge in [-0.1, -0.05) is 0 Å². The van der Waals surface area contributed by atoms with Crippen molar-refractivity contribution in [1.29, 1.82) is 0 Å². The van der Waals surface area contributed by atoms with Crippen LogP contribution in [0, 0.1) is 0 Å². The average Bonchev–Trinajstić information content (AvgIpc) is 2.15. The van der Waals surface area contributed by atoms with Crippen LogP contribution in [0.5, 0.6) is 11.6 Å². The SMILES string of the molecule is c1cc2c([nH]1)OCO2. The highest BCUT2D eigenvalue weighted by Gasteiger charge is 2.11. The van der Waals surface area contributed by atoms with Crippen LogP contribution in [0.4, 0.5) is 0 Å². The molecule has 1 aliphatic rings. The van der Waals surface area contributed by atoms with Gasteiger partial charge in [0.25, 0.3) is 0 Å². The topological polar surface area (TPSA) is 34.2 Å². The van der Waals surface area contributed by atoms with Crippen LogP contribution in [0.25, 0.3) is 0 Å². The number of ether oxygens (including phenoxy) is 2. The predicted octanol–water partition coefficient (Wildman–Crippen LogP) is 0.743. The zero-order valence-electron chi connectivity index (χ0n) is 4.18. The van der Waals surface area contributed by atoms with E-state index in [2.05, 4.69) is 4.98 Å². The molecule has 0 aliphatic carbocycles. The molecule has 0 bridgehead atoms. The molecule has 2 rings (SSSR count). The minimum Gasteiger partial charge on any atom is -0.452 e. The van der Waals surface area contributed by atoms with Crippen LogP contribution >= 0.6 is 0 Å². The first-order valence-electron chi connectivity index (χ1n) is 2.40. The van der Waals surface area contributed by atoms with Gasteiger partial charge in [0.2, 0.25) is 12.7 Å². The summed E-state index contributed by atoms with van der Waals surface area (Å²) in [5.41, 5.74) is 0. The Balaban J connectivity index is 2.54. The molecule has 1 aromatic heterocycles. The van der Waals surface area contributed by atoms with Crippen molar-refractivity contribution < 1.29 is 9.47 Å². The molecular formula is C5H5NO2. The summed E-state index contributed by atoms with van der Waals surface area (Å²) in [6, 6.07) is 1.84. The van der Waals surface area contributed by atoms with Crippen LogP contribution in [0.1, 0.15) is 0 Å². The summed E-state index contributed by atoms with van der Waals surface area (Å²) in [6.07, 6.45) is 1.78. The number of H-pyrrole nitrogens is 1. The molecule has 0 amide bonds. The molecule has 1 N–H and O–H groups in total. The van der Waals surface area contributed by atoms with Crippen molar-refractivity contribution in [2.75, 3.05) is 6.79 Å². The van der Waals surface area contributed by atoms with Gasteiger partial charge in [-0.2, -0.15) is 0 Å². The van der Waals surface area contributed by atoms with Crippen molar-refractivity contribution >= 4 is 0 Å². The Bertz CT molecular complexity index is 176. The Morgan fingerprint density at radius 3 is 3.38 bits per heavy atom. The molecule has 0 spiro atoms. The third-order valence-electron chi connectivity index (χ3n) is 1.09. The molecule has 0 saturated heterocycles. The van der Waals surface area contributed by atoms with Crippen molar-refractivity contribution in [3.05, 3.63) is 12.3 Å². The van der Waals surface area contributed by atoms with Crippen molar-refractivity contribution in [3.63, 3.8) is 0 Å². The summed E-state index contributed by atoms with van der Waals surface area (Å²) in [6.45, 7) is 0.349. The molecule has 8 heavy (non-hydrogen) atoms. The smallest absolute Gasteiger partial charge is 0.237 e. The first-order chi connectivity index (χ1) is 3.97. The van der Waals surface area contributed by atoms with Gasteiger partial charge in [0.1, 0.15) is 0 Å². The molecule has 0 aromatic carbocycles. The quantitative estimate of drug-likeness (QED) is 0.535. The van der Waals surface area contributed by atoms with E-state index >= 15 is 0 Å². The third kappa shape index (κ3) is 0.332. The second kappa shape index (κ2) is 1.18.